The van der Waals surface area contributed by atoms with Crippen molar-refractivity contribution in [2.24, 2.45) is 0 Å². The van der Waals surface area contributed by atoms with Crippen molar-refractivity contribution in [2.45, 2.75) is 18.3 Å². The maximum atomic E-state index is 5.69. The summed E-state index contributed by atoms with van der Waals surface area (Å²) in [6.45, 7) is 0. The van der Waals surface area contributed by atoms with Gasteiger partial charge >= 0.3 is 0 Å². The number of hydrogen-bond donors (Lipinski definition) is 1. The van der Waals surface area contributed by atoms with Crippen molar-refractivity contribution in [1.29, 1.82) is 0 Å². The fourth-order valence-electron chi connectivity index (χ4n) is 2.85. The van der Waals surface area contributed by atoms with E-state index in [9.17, 15) is 0 Å². The van der Waals surface area contributed by atoms with Crippen LogP contribution in [0.1, 0.15) is 30.0 Å². The third-order valence-electron chi connectivity index (χ3n) is 4.29. The first-order chi connectivity index (χ1) is 12.9. The van der Waals surface area contributed by atoms with Crippen LogP contribution in [-0.2, 0) is 0 Å². The van der Waals surface area contributed by atoms with Crippen molar-refractivity contribution in [3.8, 4) is 23.0 Å². The van der Waals surface area contributed by atoms with Crippen LogP contribution in [0.15, 0.2) is 59.5 Å². The van der Waals surface area contributed by atoms with E-state index in [1.807, 2.05) is 36.4 Å². The van der Waals surface area contributed by atoms with E-state index in [1.165, 1.54) is 6.33 Å². The Balaban J connectivity index is 1.29. The molecule has 26 heavy (non-hydrogen) atoms. The third-order valence-corrected chi connectivity index (χ3v) is 4.29. The van der Waals surface area contributed by atoms with Crippen LogP contribution >= 0.6 is 0 Å². The van der Waals surface area contributed by atoms with E-state index in [1.54, 1.807) is 12.3 Å². The third kappa shape index (κ3) is 2.81. The zero-order valence-electron chi connectivity index (χ0n) is 13.6. The highest BCUT2D eigenvalue weighted by Gasteiger charge is 2.45. The van der Waals surface area contributed by atoms with Gasteiger partial charge in [0.2, 0.25) is 17.6 Å². The van der Waals surface area contributed by atoms with Crippen molar-refractivity contribution in [1.82, 2.24) is 30.3 Å². The van der Waals surface area contributed by atoms with Crippen molar-refractivity contribution >= 4 is 0 Å². The van der Waals surface area contributed by atoms with Gasteiger partial charge in [-0.3, -0.25) is 5.10 Å². The lowest BCUT2D eigenvalue weighted by Crippen LogP contribution is -1.89. The fraction of sp³-hybridized carbons (Fsp3) is 0.167. The number of H-pyrrole nitrogens is 1. The van der Waals surface area contributed by atoms with Gasteiger partial charge < -0.3 is 9.26 Å². The molecule has 1 aromatic carbocycles. The van der Waals surface area contributed by atoms with Crippen LogP contribution in [0.25, 0.3) is 11.4 Å². The molecular formula is C18H14N6O2. The number of aromatic amines is 1. The zero-order valence-corrected chi connectivity index (χ0v) is 13.6. The molecule has 0 aliphatic heterocycles. The summed E-state index contributed by atoms with van der Waals surface area (Å²) >= 11 is 0. The average Bonchev–Trinajstić information content (AvgIpc) is 3.10. The highest BCUT2D eigenvalue weighted by atomic mass is 16.5. The molecule has 0 spiro atoms. The van der Waals surface area contributed by atoms with Gasteiger partial charge in [-0.1, -0.05) is 23.4 Å². The second kappa shape index (κ2) is 6.07. The Morgan fingerprint density at radius 3 is 2.73 bits per heavy atom. The van der Waals surface area contributed by atoms with Gasteiger partial charge in [-0.05, 0) is 24.6 Å². The lowest BCUT2D eigenvalue weighted by Gasteiger charge is -2.04. The summed E-state index contributed by atoms with van der Waals surface area (Å²) < 4.78 is 11.1. The quantitative estimate of drug-likeness (QED) is 0.591. The molecule has 3 aromatic heterocycles. The molecule has 1 aliphatic carbocycles. The monoisotopic (exact) mass is 346 g/mol. The van der Waals surface area contributed by atoms with Crippen molar-refractivity contribution in [2.75, 3.05) is 0 Å². The standard InChI is InChI=1S/C18H14N6O2/c1-2-4-12(5-3-1)25-15-7-6-11(9-19-15)16-22-18(26-24-16)14-8-13(14)17-20-10-21-23-17/h1-7,9-10,13-14H,8H2,(H,20,21,23)/t13-,14-/m0/s1. The molecule has 5 rings (SSSR count). The molecule has 1 saturated carbocycles. The maximum Gasteiger partial charge on any atom is 0.230 e. The second-order valence-electron chi connectivity index (χ2n) is 6.08. The van der Waals surface area contributed by atoms with Crippen LogP contribution in [0.4, 0.5) is 0 Å². The van der Waals surface area contributed by atoms with Gasteiger partial charge in [0.05, 0.1) is 0 Å². The molecule has 0 saturated heterocycles. The zero-order chi connectivity index (χ0) is 17.3. The molecule has 8 nitrogen and oxygen atoms in total. The molecule has 2 atom stereocenters. The summed E-state index contributed by atoms with van der Waals surface area (Å²) in [7, 11) is 0. The highest BCUT2D eigenvalue weighted by molar-refractivity contribution is 5.53. The van der Waals surface area contributed by atoms with E-state index in [0.29, 0.717) is 17.6 Å². The topological polar surface area (TPSA) is 103 Å². The van der Waals surface area contributed by atoms with E-state index < -0.39 is 0 Å². The van der Waals surface area contributed by atoms with Gasteiger partial charge in [0.25, 0.3) is 0 Å². The number of rotatable bonds is 5. The molecule has 0 radical (unpaired) electrons. The summed E-state index contributed by atoms with van der Waals surface area (Å²) in [5, 5.41) is 10.8. The first-order valence-electron chi connectivity index (χ1n) is 8.25. The number of aromatic nitrogens is 6. The number of ether oxygens (including phenoxy) is 1. The minimum absolute atomic E-state index is 0.192. The van der Waals surface area contributed by atoms with Gasteiger partial charge in [0.15, 0.2) is 0 Å². The number of hydrogen-bond acceptors (Lipinski definition) is 7. The lowest BCUT2D eigenvalue weighted by molar-refractivity contribution is 0.378. The largest absolute Gasteiger partial charge is 0.439 e. The molecule has 0 unspecified atom stereocenters. The molecule has 4 aromatic rings. The normalized spacial score (nSPS) is 18.6. The van der Waals surface area contributed by atoms with Crippen LogP contribution in [-0.4, -0.2) is 30.3 Å². The Bertz CT molecular complexity index is 998. The van der Waals surface area contributed by atoms with Crippen LogP contribution in [0.5, 0.6) is 11.6 Å². The number of benzene rings is 1. The summed E-state index contributed by atoms with van der Waals surface area (Å²) in [5.41, 5.74) is 0.775. The molecule has 1 aliphatic rings. The van der Waals surface area contributed by atoms with Crippen LogP contribution in [0.2, 0.25) is 0 Å². The predicted molar refractivity (Wildman–Crippen MR) is 90.5 cm³/mol. The first-order valence-corrected chi connectivity index (χ1v) is 8.25. The number of pyridine rings is 1. The molecule has 1 N–H and O–H groups in total. The van der Waals surface area contributed by atoms with Crippen LogP contribution in [0, 0.1) is 0 Å². The number of nitrogens with one attached hydrogen (secondary N) is 1. The molecule has 3 heterocycles. The maximum absolute atomic E-state index is 5.69. The van der Waals surface area contributed by atoms with E-state index >= 15 is 0 Å². The minimum Gasteiger partial charge on any atom is -0.439 e. The second-order valence-corrected chi connectivity index (χ2v) is 6.08. The number of nitrogens with zero attached hydrogens (tertiary/aromatic N) is 5. The van der Waals surface area contributed by atoms with E-state index in [4.69, 9.17) is 9.26 Å². The average molecular weight is 346 g/mol. The van der Waals surface area contributed by atoms with E-state index in [0.717, 1.165) is 23.6 Å². The minimum atomic E-state index is 0.192. The Morgan fingerprint density at radius 1 is 1.04 bits per heavy atom. The van der Waals surface area contributed by atoms with Crippen molar-refractivity contribution < 1.29 is 9.26 Å². The Hall–Kier alpha value is -3.55. The lowest BCUT2D eigenvalue weighted by atomic mass is 10.2. The smallest absolute Gasteiger partial charge is 0.230 e. The van der Waals surface area contributed by atoms with Crippen molar-refractivity contribution in [3.05, 3.63) is 66.7 Å². The summed E-state index contributed by atoms with van der Waals surface area (Å²) in [6.07, 6.45) is 4.11. The van der Waals surface area contributed by atoms with E-state index in [2.05, 4.69) is 30.3 Å². The highest BCUT2D eigenvalue weighted by Crippen LogP contribution is 2.53. The molecule has 1 fully saturated rings. The summed E-state index contributed by atoms with van der Waals surface area (Å²) in [6, 6.07) is 13.2. The molecule has 0 bridgehead atoms. The van der Waals surface area contributed by atoms with Crippen LogP contribution in [0.3, 0.4) is 0 Å². The predicted octanol–water partition coefficient (Wildman–Crippen LogP) is 3.31. The van der Waals surface area contributed by atoms with Crippen LogP contribution < -0.4 is 4.74 Å². The van der Waals surface area contributed by atoms with Gasteiger partial charge in [0, 0.05) is 29.7 Å². The van der Waals surface area contributed by atoms with Crippen molar-refractivity contribution in [3.63, 3.8) is 0 Å². The fourth-order valence-corrected chi connectivity index (χ4v) is 2.85. The number of para-hydroxylation sites is 1. The van der Waals surface area contributed by atoms with E-state index in [-0.39, 0.29) is 11.8 Å². The SMILES string of the molecule is c1ccc(Oc2ccc(-c3noc([C@H]4C[C@@H]4c4ncn[nH]4)n3)cn2)cc1. The van der Waals surface area contributed by atoms with Gasteiger partial charge in [-0.2, -0.15) is 10.1 Å². The molecular weight excluding hydrogens is 332 g/mol. The summed E-state index contributed by atoms with van der Waals surface area (Å²) in [5.74, 6) is 3.70. The summed E-state index contributed by atoms with van der Waals surface area (Å²) in [4.78, 5) is 13.0. The molecule has 128 valence electrons. The van der Waals surface area contributed by atoms with Gasteiger partial charge in [-0.25, -0.2) is 9.97 Å². The Labute approximate surface area is 148 Å². The Kier molecular flexibility index (Phi) is 3.45. The van der Waals surface area contributed by atoms with Gasteiger partial charge in [0.1, 0.15) is 17.9 Å². The molecule has 8 heteroatoms. The Morgan fingerprint density at radius 2 is 1.96 bits per heavy atom. The molecule has 0 amide bonds. The first kappa shape index (κ1) is 14.8. The van der Waals surface area contributed by atoms with Gasteiger partial charge in [-0.15, -0.1) is 0 Å².